The number of carbonyl (C=O) groups is 3. The molecule has 2 N–H and O–H groups in total. The van der Waals surface area contributed by atoms with Gasteiger partial charge >= 0.3 is 5.97 Å². The summed E-state index contributed by atoms with van der Waals surface area (Å²) in [5, 5.41) is 4.35. The molecule has 28 heavy (non-hydrogen) atoms. The van der Waals surface area contributed by atoms with Crippen LogP contribution in [0.2, 0.25) is 5.02 Å². The van der Waals surface area contributed by atoms with Gasteiger partial charge in [-0.25, -0.2) is 0 Å². The van der Waals surface area contributed by atoms with Crippen LogP contribution in [0.4, 0.5) is 0 Å². The van der Waals surface area contributed by atoms with E-state index >= 15 is 0 Å². The van der Waals surface area contributed by atoms with Gasteiger partial charge in [0.2, 0.25) is 0 Å². The number of hydrazine groups is 1. The Balaban J connectivity index is 1.60. The fraction of sp³-hybridized carbons (Fsp3) is 0.333. The summed E-state index contributed by atoms with van der Waals surface area (Å²) in [4.78, 5) is 35.0. The first-order chi connectivity index (χ1) is 13.3. The fourth-order valence-corrected chi connectivity index (χ4v) is 2.32. The summed E-state index contributed by atoms with van der Waals surface area (Å²) in [7, 11) is 0. The van der Waals surface area contributed by atoms with Crippen LogP contribution in [0.25, 0.3) is 0 Å². The Labute approximate surface area is 166 Å². The maximum Gasteiger partial charge on any atom is 0.306 e. The first-order valence-corrected chi connectivity index (χ1v) is 8.76. The maximum absolute atomic E-state index is 11.7. The van der Waals surface area contributed by atoms with Gasteiger partial charge in [-0.15, -0.1) is 0 Å². The molecule has 1 aromatic heterocycles. The summed E-state index contributed by atoms with van der Waals surface area (Å²) < 4.78 is 15.1. The van der Waals surface area contributed by atoms with Crippen LogP contribution in [0.1, 0.15) is 23.4 Å². The lowest BCUT2D eigenvalue weighted by atomic mass is 10.1. The van der Waals surface area contributed by atoms with Gasteiger partial charge in [0.15, 0.2) is 13.2 Å². The molecule has 0 aliphatic rings. The zero-order valence-corrected chi connectivity index (χ0v) is 16.2. The second-order valence-corrected chi connectivity index (χ2v) is 6.24. The molecule has 0 aliphatic heterocycles. The van der Waals surface area contributed by atoms with E-state index < -0.39 is 24.4 Å². The number of nitrogens with zero attached hydrogens (tertiary/aromatic N) is 1. The smallest absolute Gasteiger partial charge is 0.306 e. The molecule has 2 amide bonds. The predicted molar refractivity (Wildman–Crippen MR) is 98.5 cm³/mol. The van der Waals surface area contributed by atoms with E-state index in [4.69, 9.17) is 25.6 Å². The van der Waals surface area contributed by atoms with Crippen molar-refractivity contribution in [1.29, 1.82) is 0 Å². The van der Waals surface area contributed by atoms with Gasteiger partial charge in [-0.3, -0.25) is 25.2 Å². The van der Waals surface area contributed by atoms with Crippen molar-refractivity contribution in [3.05, 3.63) is 46.3 Å². The van der Waals surface area contributed by atoms with E-state index in [1.807, 2.05) is 0 Å². The van der Waals surface area contributed by atoms with Crippen molar-refractivity contribution in [2.24, 2.45) is 0 Å². The van der Waals surface area contributed by atoms with Crippen molar-refractivity contribution in [3.63, 3.8) is 0 Å². The molecule has 0 fully saturated rings. The second-order valence-electron chi connectivity index (χ2n) is 5.80. The Hall–Kier alpha value is -3.07. The van der Waals surface area contributed by atoms with Crippen molar-refractivity contribution >= 4 is 29.4 Å². The number of ether oxygens (including phenoxy) is 2. The number of nitrogens with one attached hydrogen (secondary N) is 2. The second kappa shape index (κ2) is 10.3. The molecular weight excluding hydrogens is 390 g/mol. The summed E-state index contributed by atoms with van der Waals surface area (Å²) in [5.74, 6) is -0.698. The van der Waals surface area contributed by atoms with Crippen LogP contribution in [-0.2, 0) is 25.5 Å². The van der Waals surface area contributed by atoms with Gasteiger partial charge in [-0.1, -0.05) is 16.8 Å². The predicted octanol–water partition coefficient (Wildman–Crippen LogP) is 1.65. The number of aryl methyl sites for hydroxylation is 2. The highest BCUT2D eigenvalue weighted by molar-refractivity contribution is 6.30. The number of carbonyl (C=O) groups excluding carboxylic acids is 3. The molecule has 0 radical (unpaired) electrons. The maximum atomic E-state index is 11.7. The normalized spacial score (nSPS) is 10.2. The van der Waals surface area contributed by atoms with Gasteiger partial charge in [0.1, 0.15) is 11.5 Å². The highest BCUT2D eigenvalue weighted by Crippen LogP contribution is 2.15. The number of benzene rings is 1. The molecule has 1 heterocycles. The van der Waals surface area contributed by atoms with E-state index in [1.54, 1.807) is 38.1 Å². The number of esters is 1. The first-order valence-electron chi connectivity index (χ1n) is 8.38. The SMILES string of the molecule is Cc1noc(C)c1CCC(=O)OCC(=O)NNC(=O)COc1ccc(Cl)cc1. The molecule has 0 saturated carbocycles. The minimum absolute atomic E-state index is 0.0808. The van der Waals surface area contributed by atoms with E-state index in [1.165, 1.54) is 0 Å². The van der Waals surface area contributed by atoms with Gasteiger partial charge in [0, 0.05) is 17.0 Å². The minimum Gasteiger partial charge on any atom is -0.484 e. The fourth-order valence-electron chi connectivity index (χ4n) is 2.20. The van der Waals surface area contributed by atoms with Gasteiger partial charge in [0.25, 0.3) is 11.8 Å². The van der Waals surface area contributed by atoms with Crippen molar-refractivity contribution in [3.8, 4) is 5.75 Å². The van der Waals surface area contributed by atoms with Crippen molar-refractivity contribution in [2.75, 3.05) is 13.2 Å². The minimum atomic E-state index is -0.675. The van der Waals surface area contributed by atoms with E-state index in [0.717, 1.165) is 5.56 Å². The molecule has 0 spiro atoms. The Morgan fingerprint density at radius 3 is 2.32 bits per heavy atom. The molecule has 2 rings (SSSR count). The van der Waals surface area contributed by atoms with Crippen LogP contribution in [-0.4, -0.2) is 36.2 Å². The molecule has 0 saturated heterocycles. The van der Waals surface area contributed by atoms with E-state index in [2.05, 4.69) is 16.0 Å². The third-order valence-corrected chi connectivity index (χ3v) is 3.90. The lowest BCUT2D eigenvalue weighted by molar-refractivity contribution is -0.149. The molecule has 0 aliphatic carbocycles. The zero-order valence-electron chi connectivity index (χ0n) is 15.4. The molecule has 10 heteroatoms. The molecule has 0 bridgehead atoms. The Kier molecular flexibility index (Phi) is 7.82. The van der Waals surface area contributed by atoms with E-state index in [9.17, 15) is 14.4 Å². The van der Waals surface area contributed by atoms with Gasteiger partial charge in [-0.2, -0.15) is 0 Å². The lowest BCUT2D eigenvalue weighted by Gasteiger charge is -2.09. The molecule has 1 aromatic carbocycles. The zero-order chi connectivity index (χ0) is 20.5. The average molecular weight is 410 g/mol. The van der Waals surface area contributed by atoms with Gasteiger partial charge in [0.05, 0.1) is 5.69 Å². The monoisotopic (exact) mass is 409 g/mol. The van der Waals surface area contributed by atoms with Crippen molar-refractivity contribution in [2.45, 2.75) is 26.7 Å². The van der Waals surface area contributed by atoms with Gasteiger partial charge in [-0.05, 0) is 44.5 Å². The summed E-state index contributed by atoms with van der Waals surface area (Å²) in [5.41, 5.74) is 5.84. The number of rotatable bonds is 8. The van der Waals surface area contributed by atoms with Crippen LogP contribution < -0.4 is 15.6 Å². The van der Waals surface area contributed by atoms with Crippen LogP contribution in [0.15, 0.2) is 28.8 Å². The standard InChI is InChI=1S/C18H20ClN3O6/c1-11-15(12(2)28-22-11)7-8-18(25)27-10-17(24)21-20-16(23)9-26-14-5-3-13(19)4-6-14/h3-6H,7-10H2,1-2H3,(H,20,23)(H,21,24). The highest BCUT2D eigenvalue weighted by Gasteiger charge is 2.13. The topological polar surface area (TPSA) is 120 Å². The lowest BCUT2D eigenvalue weighted by Crippen LogP contribution is -2.45. The molecular formula is C18H20ClN3O6. The van der Waals surface area contributed by atoms with Crippen LogP contribution >= 0.6 is 11.6 Å². The molecule has 150 valence electrons. The van der Waals surface area contributed by atoms with Crippen molar-refractivity contribution in [1.82, 2.24) is 16.0 Å². The Morgan fingerprint density at radius 1 is 1.07 bits per heavy atom. The van der Waals surface area contributed by atoms with Crippen LogP contribution in [0, 0.1) is 13.8 Å². The molecule has 9 nitrogen and oxygen atoms in total. The summed E-state index contributed by atoms with van der Waals surface area (Å²) in [6, 6.07) is 6.46. The summed E-state index contributed by atoms with van der Waals surface area (Å²) in [6.07, 6.45) is 0.484. The Morgan fingerprint density at radius 2 is 1.71 bits per heavy atom. The molecule has 2 aromatic rings. The molecule has 0 unspecified atom stereocenters. The third-order valence-electron chi connectivity index (χ3n) is 3.65. The summed E-state index contributed by atoms with van der Waals surface area (Å²) >= 11 is 5.75. The number of aromatic nitrogens is 1. The number of halogens is 1. The first kappa shape index (κ1) is 21.2. The van der Waals surface area contributed by atoms with Crippen LogP contribution in [0.3, 0.4) is 0 Å². The highest BCUT2D eigenvalue weighted by atomic mass is 35.5. The number of hydrogen-bond donors (Lipinski definition) is 2. The number of amides is 2. The quantitative estimate of drug-likeness (QED) is 0.502. The Bertz CT molecular complexity index is 815. The number of hydrogen-bond acceptors (Lipinski definition) is 7. The van der Waals surface area contributed by atoms with E-state index in [-0.39, 0.29) is 13.0 Å². The van der Waals surface area contributed by atoms with Crippen LogP contribution in [0.5, 0.6) is 5.75 Å². The third kappa shape index (κ3) is 6.92. The van der Waals surface area contributed by atoms with E-state index in [0.29, 0.717) is 28.6 Å². The summed E-state index contributed by atoms with van der Waals surface area (Å²) in [6.45, 7) is 2.72. The average Bonchev–Trinajstić information content (AvgIpc) is 3.00. The van der Waals surface area contributed by atoms with Gasteiger partial charge < -0.3 is 14.0 Å². The molecule has 0 atom stereocenters. The largest absolute Gasteiger partial charge is 0.484 e. The van der Waals surface area contributed by atoms with Crippen molar-refractivity contribution < 1.29 is 28.4 Å².